The zero-order chi connectivity index (χ0) is 15.4. The lowest BCUT2D eigenvalue weighted by Gasteiger charge is -2.11. The molecule has 8 heteroatoms. The lowest BCUT2D eigenvalue weighted by atomic mass is 10.2. The Bertz CT molecular complexity index is 560. The molecule has 1 fully saturated rings. The van der Waals surface area contributed by atoms with Crippen LogP contribution in [0.15, 0.2) is 12.1 Å². The van der Waals surface area contributed by atoms with Crippen molar-refractivity contribution < 1.29 is 27.5 Å². The number of hydrogen-bond donors (Lipinski definition) is 2. The SMILES string of the molecule is O=C(NCC1CCCO1)C(=O)Nc1ccc(F)c(F)c1F. The Morgan fingerprint density at radius 3 is 2.62 bits per heavy atom. The fourth-order valence-corrected chi connectivity index (χ4v) is 1.89. The van der Waals surface area contributed by atoms with Crippen LogP contribution in [0.2, 0.25) is 0 Å². The Labute approximate surface area is 118 Å². The van der Waals surface area contributed by atoms with Crippen LogP contribution in [-0.2, 0) is 14.3 Å². The fourth-order valence-electron chi connectivity index (χ4n) is 1.89. The highest BCUT2D eigenvalue weighted by atomic mass is 19.2. The molecule has 0 saturated carbocycles. The number of anilines is 1. The van der Waals surface area contributed by atoms with Gasteiger partial charge >= 0.3 is 11.8 Å². The van der Waals surface area contributed by atoms with Crippen molar-refractivity contribution in [1.29, 1.82) is 0 Å². The van der Waals surface area contributed by atoms with Gasteiger partial charge in [-0.2, -0.15) is 0 Å². The van der Waals surface area contributed by atoms with Crippen LogP contribution in [-0.4, -0.2) is 31.1 Å². The predicted molar refractivity (Wildman–Crippen MR) is 66.9 cm³/mol. The van der Waals surface area contributed by atoms with E-state index in [1.54, 1.807) is 0 Å². The third-order valence-corrected chi connectivity index (χ3v) is 3.00. The van der Waals surface area contributed by atoms with Gasteiger partial charge in [0.05, 0.1) is 11.8 Å². The molecule has 0 bridgehead atoms. The molecule has 5 nitrogen and oxygen atoms in total. The van der Waals surface area contributed by atoms with Crippen molar-refractivity contribution in [1.82, 2.24) is 5.32 Å². The van der Waals surface area contributed by atoms with Gasteiger partial charge in [0.2, 0.25) is 0 Å². The third-order valence-electron chi connectivity index (χ3n) is 3.00. The summed E-state index contributed by atoms with van der Waals surface area (Å²) in [5, 5.41) is 4.20. The largest absolute Gasteiger partial charge is 0.376 e. The number of halogens is 3. The van der Waals surface area contributed by atoms with Gasteiger partial charge in [-0.3, -0.25) is 9.59 Å². The second kappa shape index (κ2) is 6.57. The van der Waals surface area contributed by atoms with E-state index < -0.39 is 35.0 Å². The second-order valence-electron chi connectivity index (χ2n) is 4.52. The van der Waals surface area contributed by atoms with E-state index in [0.717, 1.165) is 18.9 Å². The molecule has 114 valence electrons. The molecule has 2 N–H and O–H groups in total. The molecule has 1 aliphatic heterocycles. The number of carbonyl (C=O) groups excluding carboxylic acids is 2. The Morgan fingerprint density at radius 2 is 1.95 bits per heavy atom. The zero-order valence-corrected chi connectivity index (χ0v) is 10.9. The minimum atomic E-state index is -1.72. The maximum absolute atomic E-state index is 13.3. The first-order valence-electron chi connectivity index (χ1n) is 6.33. The monoisotopic (exact) mass is 302 g/mol. The van der Waals surface area contributed by atoms with Crippen LogP contribution in [0.5, 0.6) is 0 Å². The quantitative estimate of drug-likeness (QED) is 0.654. The Hall–Kier alpha value is -2.09. The number of nitrogens with one attached hydrogen (secondary N) is 2. The van der Waals surface area contributed by atoms with E-state index in [4.69, 9.17) is 4.74 Å². The van der Waals surface area contributed by atoms with Crippen LogP contribution < -0.4 is 10.6 Å². The van der Waals surface area contributed by atoms with Crippen molar-refractivity contribution in [2.75, 3.05) is 18.5 Å². The average molecular weight is 302 g/mol. The maximum atomic E-state index is 13.3. The maximum Gasteiger partial charge on any atom is 0.313 e. The summed E-state index contributed by atoms with van der Waals surface area (Å²) in [6.45, 7) is 0.763. The fraction of sp³-hybridized carbons (Fsp3) is 0.385. The highest BCUT2D eigenvalue weighted by Crippen LogP contribution is 2.19. The Kier molecular flexibility index (Phi) is 4.79. The van der Waals surface area contributed by atoms with Crippen LogP contribution in [0.1, 0.15) is 12.8 Å². The summed E-state index contributed by atoms with van der Waals surface area (Å²) in [5.41, 5.74) is -0.605. The minimum Gasteiger partial charge on any atom is -0.376 e. The van der Waals surface area contributed by atoms with E-state index in [1.165, 1.54) is 0 Å². The summed E-state index contributed by atoms with van der Waals surface area (Å²) >= 11 is 0. The second-order valence-corrected chi connectivity index (χ2v) is 4.52. The van der Waals surface area contributed by atoms with Gasteiger partial charge in [0.1, 0.15) is 0 Å². The van der Waals surface area contributed by atoms with Gasteiger partial charge in [-0.1, -0.05) is 0 Å². The lowest BCUT2D eigenvalue weighted by Crippen LogP contribution is -2.39. The van der Waals surface area contributed by atoms with Crippen molar-refractivity contribution in [2.45, 2.75) is 18.9 Å². The van der Waals surface area contributed by atoms with Gasteiger partial charge in [-0.15, -0.1) is 0 Å². The smallest absolute Gasteiger partial charge is 0.313 e. The Morgan fingerprint density at radius 1 is 1.19 bits per heavy atom. The molecule has 1 aromatic rings. The molecular weight excluding hydrogens is 289 g/mol. The number of benzene rings is 1. The highest BCUT2D eigenvalue weighted by molar-refractivity contribution is 6.39. The third kappa shape index (κ3) is 3.72. The van der Waals surface area contributed by atoms with Gasteiger partial charge in [-0.25, -0.2) is 13.2 Å². The highest BCUT2D eigenvalue weighted by Gasteiger charge is 2.21. The summed E-state index contributed by atoms with van der Waals surface area (Å²) in [6, 6.07) is 1.48. The average Bonchev–Trinajstić information content (AvgIpc) is 2.98. The van der Waals surface area contributed by atoms with E-state index >= 15 is 0 Å². The summed E-state index contributed by atoms with van der Waals surface area (Å²) in [7, 11) is 0. The molecule has 21 heavy (non-hydrogen) atoms. The number of carbonyl (C=O) groups is 2. The molecule has 1 saturated heterocycles. The van der Waals surface area contributed by atoms with Gasteiger partial charge in [-0.05, 0) is 25.0 Å². The van der Waals surface area contributed by atoms with Gasteiger partial charge in [0.25, 0.3) is 0 Å². The molecule has 2 amide bonds. The standard InChI is InChI=1S/C13H13F3N2O3/c14-8-3-4-9(11(16)10(8)15)18-13(20)12(19)17-6-7-2-1-5-21-7/h3-4,7H,1-2,5-6H2,(H,17,19)(H,18,20). The van der Waals surface area contributed by atoms with Gasteiger partial charge < -0.3 is 15.4 Å². The molecule has 0 aliphatic carbocycles. The number of hydrogen-bond acceptors (Lipinski definition) is 3. The molecular formula is C13H13F3N2O3. The lowest BCUT2D eigenvalue weighted by molar-refractivity contribution is -0.136. The van der Waals surface area contributed by atoms with Gasteiger partial charge in [0.15, 0.2) is 17.5 Å². The predicted octanol–water partition coefficient (Wildman–Crippen LogP) is 1.34. The van der Waals surface area contributed by atoms with E-state index in [-0.39, 0.29) is 12.6 Å². The molecule has 1 aromatic carbocycles. The summed E-state index contributed by atoms with van der Waals surface area (Å²) in [5.74, 6) is -6.83. The van der Waals surface area contributed by atoms with E-state index in [2.05, 4.69) is 5.32 Å². The first kappa shape index (κ1) is 15.3. The Balaban J connectivity index is 1.91. The minimum absolute atomic E-state index is 0.151. The first-order valence-corrected chi connectivity index (χ1v) is 6.33. The summed E-state index contributed by atoms with van der Waals surface area (Å²) in [6.07, 6.45) is 1.51. The van der Waals surface area contributed by atoms with Crippen LogP contribution in [0.3, 0.4) is 0 Å². The van der Waals surface area contributed by atoms with Crippen LogP contribution in [0, 0.1) is 17.5 Å². The van der Waals surface area contributed by atoms with Crippen LogP contribution >= 0.6 is 0 Å². The topological polar surface area (TPSA) is 67.4 Å². The van der Waals surface area contributed by atoms with Crippen molar-refractivity contribution >= 4 is 17.5 Å². The van der Waals surface area contributed by atoms with E-state index in [0.29, 0.717) is 12.7 Å². The number of ether oxygens (including phenoxy) is 1. The molecule has 1 aliphatic rings. The first-order chi connectivity index (χ1) is 9.99. The molecule has 1 atom stereocenters. The van der Waals surface area contributed by atoms with Crippen LogP contribution in [0.25, 0.3) is 0 Å². The van der Waals surface area contributed by atoms with Crippen molar-refractivity contribution in [3.8, 4) is 0 Å². The van der Waals surface area contributed by atoms with E-state index in [9.17, 15) is 22.8 Å². The molecule has 1 heterocycles. The van der Waals surface area contributed by atoms with Crippen molar-refractivity contribution in [2.24, 2.45) is 0 Å². The number of amides is 2. The zero-order valence-electron chi connectivity index (χ0n) is 10.9. The molecule has 1 unspecified atom stereocenters. The van der Waals surface area contributed by atoms with Gasteiger partial charge in [0, 0.05) is 13.2 Å². The molecule has 0 aromatic heterocycles. The molecule has 2 rings (SSSR count). The van der Waals surface area contributed by atoms with E-state index in [1.807, 2.05) is 5.32 Å². The molecule has 0 spiro atoms. The summed E-state index contributed by atoms with van der Waals surface area (Å²) < 4.78 is 44.3. The van der Waals surface area contributed by atoms with Crippen molar-refractivity contribution in [3.63, 3.8) is 0 Å². The normalized spacial score (nSPS) is 17.6. The summed E-state index contributed by atoms with van der Waals surface area (Å²) in [4.78, 5) is 23.0. The van der Waals surface area contributed by atoms with Crippen molar-refractivity contribution in [3.05, 3.63) is 29.6 Å². The molecule has 0 radical (unpaired) electrons. The van der Waals surface area contributed by atoms with Crippen LogP contribution in [0.4, 0.5) is 18.9 Å². The number of rotatable bonds is 3.